The van der Waals surface area contributed by atoms with E-state index in [1.807, 2.05) is 24.3 Å². The summed E-state index contributed by atoms with van der Waals surface area (Å²) in [5, 5.41) is 17.5. The number of nitrogens with one attached hydrogen (secondary N) is 3. The van der Waals surface area contributed by atoms with Gasteiger partial charge in [0.25, 0.3) is 5.91 Å². The third-order valence-electron chi connectivity index (χ3n) is 5.61. The van der Waals surface area contributed by atoms with Gasteiger partial charge in [0.05, 0.1) is 29.1 Å². The van der Waals surface area contributed by atoms with Gasteiger partial charge in [0.15, 0.2) is 0 Å². The SMILES string of the molecule is O=C(NC1CC1)c1cccc2[nH]c(-c3nc(N[C@@H]4CCC[C@@H]4O)ncc3Cl)cc12. The number of hydrogen-bond donors (Lipinski definition) is 4. The van der Waals surface area contributed by atoms with Gasteiger partial charge in [-0.05, 0) is 50.3 Å². The largest absolute Gasteiger partial charge is 0.391 e. The number of carbonyl (C=O) groups excluding carboxylic acids is 1. The summed E-state index contributed by atoms with van der Waals surface area (Å²) in [5.74, 6) is 0.371. The van der Waals surface area contributed by atoms with Crippen molar-refractivity contribution in [1.82, 2.24) is 20.3 Å². The first-order valence-corrected chi connectivity index (χ1v) is 10.4. The first-order valence-electron chi connectivity index (χ1n) is 9.98. The zero-order chi connectivity index (χ0) is 20.0. The monoisotopic (exact) mass is 411 g/mol. The summed E-state index contributed by atoms with van der Waals surface area (Å²) in [6.45, 7) is 0. The highest BCUT2D eigenvalue weighted by atomic mass is 35.5. The lowest BCUT2D eigenvalue weighted by Crippen LogP contribution is -2.28. The van der Waals surface area contributed by atoms with Crippen LogP contribution < -0.4 is 10.6 Å². The van der Waals surface area contributed by atoms with Crippen LogP contribution in [0.5, 0.6) is 0 Å². The molecule has 29 heavy (non-hydrogen) atoms. The second-order valence-corrected chi connectivity index (χ2v) is 8.24. The molecule has 2 atom stereocenters. The van der Waals surface area contributed by atoms with Gasteiger partial charge in [-0.3, -0.25) is 4.79 Å². The minimum absolute atomic E-state index is 0.0514. The second-order valence-electron chi connectivity index (χ2n) is 7.84. The van der Waals surface area contributed by atoms with Crippen LogP contribution in [0.1, 0.15) is 42.5 Å². The predicted molar refractivity (Wildman–Crippen MR) is 112 cm³/mol. The Labute approximate surface area is 172 Å². The van der Waals surface area contributed by atoms with E-state index in [0.717, 1.165) is 43.0 Å². The molecule has 0 unspecified atom stereocenters. The fourth-order valence-electron chi connectivity index (χ4n) is 3.87. The lowest BCUT2D eigenvalue weighted by Gasteiger charge is -2.16. The van der Waals surface area contributed by atoms with Crippen molar-refractivity contribution in [3.8, 4) is 11.4 Å². The smallest absolute Gasteiger partial charge is 0.252 e. The molecule has 0 saturated heterocycles. The van der Waals surface area contributed by atoms with Crippen molar-refractivity contribution >= 4 is 34.4 Å². The van der Waals surface area contributed by atoms with E-state index < -0.39 is 6.10 Å². The minimum atomic E-state index is -0.390. The van der Waals surface area contributed by atoms with Gasteiger partial charge in [-0.25, -0.2) is 9.97 Å². The van der Waals surface area contributed by atoms with Crippen LogP contribution in [-0.2, 0) is 0 Å². The summed E-state index contributed by atoms with van der Waals surface area (Å²) in [4.78, 5) is 24.7. The molecule has 1 amide bonds. The van der Waals surface area contributed by atoms with Gasteiger partial charge in [0.1, 0.15) is 5.69 Å². The molecule has 3 aromatic rings. The Hall–Kier alpha value is -2.64. The Bertz CT molecular complexity index is 1080. The third kappa shape index (κ3) is 3.68. The van der Waals surface area contributed by atoms with Crippen LogP contribution in [0.4, 0.5) is 5.95 Å². The number of halogens is 1. The molecular formula is C21H22ClN5O2. The van der Waals surface area contributed by atoms with Gasteiger partial charge < -0.3 is 20.7 Å². The Kier molecular flexibility index (Phi) is 4.64. The highest BCUT2D eigenvalue weighted by molar-refractivity contribution is 6.33. The van der Waals surface area contributed by atoms with E-state index in [-0.39, 0.29) is 11.9 Å². The number of H-pyrrole nitrogens is 1. The predicted octanol–water partition coefficient (Wildman–Crippen LogP) is 3.50. The highest BCUT2D eigenvalue weighted by Crippen LogP contribution is 2.31. The fraction of sp³-hybridized carbons (Fsp3) is 0.381. The Morgan fingerprint density at radius 3 is 2.86 bits per heavy atom. The molecule has 1 aromatic carbocycles. The minimum Gasteiger partial charge on any atom is -0.391 e. The molecule has 2 heterocycles. The average molecular weight is 412 g/mol. The number of aromatic nitrogens is 3. The van der Waals surface area contributed by atoms with Gasteiger partial charge in [-0.15, -0.1) is 0 Å². The highest BCUT2D eigenvalue weighted by Gasteiger charge is 2.27. The number of nitrogens with zero attached hydrogens (tertiary/aromatic N) is 2. The maximum atomic E-state index is 12.6. The average Bonchev–Trinajstić information content (AvgIpc) is 3.27. The molecule has 5 rings (SSSR count). The van der Waals surface area contributed by atoms with Gasteiger partial charge >= 0.3 is 0 Å². The van der Waals surface area contributed by atoms with E-state index in [0.29, 0.717) is 34.0 Å². The van der Waals surface area contributed by atoms with E-state index >= 15 is 0 Å². The molecule has 2 aliphatic carbocycles. The van der Waals surface area contributed by atoms with E-state index in [1.54, 1.807) is 6.20 Å². The number of anilines is 1. The number of aliphatic hydroxyl groups excluding tert-OH is 1. The van der Waals surface area contributed by atoms with Crippen molar-refractivity contribution < 1.29 is 9.90 Å². The van der Waals surface area contributed by atoms with Crippen LogP contribution in [0.2, 0.25) is 5.02 Å². The Balaban J connectivity index is 1.48. The number of benzene rings is 1. The van der Waals surface area contributed by atoms with Crippen molar-refractivity contribution in [2.75, 3.05) is 5.32 Å². The summed E-state index contributed by atoms with van der Waals surface area (Å²) in [5.41, 5.74) is 2.75. The molecule has 150 valence electrons. The molecule has 2 fully saturated rings. The Morgan fingerprint density at radius 1 is 1.24 bits per heavy atom. The van der Waals surface area contributed by atoms with Crippen molar-refractivity contribution in [3.05, 3.63) is 41.0 Å². The van der Waals surface area contributed by atoms with Crippen LogP contribution in [0.3, 0.4) is 0 Å². The summed E-state index contributed by atoms with van der Waals surface area (Å²) in [7, 11) is 0. The van der Waals surface area contributed by atoms with Crippen molar-refractivity contribution in [3.63, 3.8) is 0 Å². The molecular weight excluding hydrogens is 390 g/mol. The van der Waals surface area contributed by atoms with Gasteiger partial charge in [0.2, 0.25) is 5.95 Å². The van der Waals surface area contributed by atoms with Crippen molar-refractivity contribution in [2.24, 2.45) is 0 Å². The summed E-state index contributed by atoms with van der Waals surface area (Å²) < 4.78 is 0. The molecule has 2 saturated carbocycles. The number of hydrogen-bond acceptors (Lipinski definition) is 5. The number of carbonyl (C=O) groups is 1. The lowest BCUT2D eigenvalue weighted by molar-refractivity contribution is 0.0952. The van der Waals surface area contributed by atoms with Crippen molar-refractivity contribution in [2.45, 2.75) is 50.3 Å². The number of aliphatic hydroxyl groups is 1. The molecule has 2 aliphatic rings. The molecule has 8 heteroatoms. The van der Waals surface area contributed by atoms with Crippen LogP contribution in [0, 0.1) is 0 Å². The van der Waals surface area contributed by atoms with E-state index in [4.69, 9.17) is 11.6 Å². The zero-order valence-electron chi connectivity index (χ0n) is 15.8. The van der Waals surface area contributed by atoms with Crippen molar-refractivity contribution in [1.29, 1.82) is 0 Å². The van der Waals surface area contributed by atoms with Crippen LogP contribution in [0.25, 0.3) is 22.3 Å². The van der Waals surface area contributed by atoms with Gasteiger partial charge in [-0.2, -0.15) is 0 Å². The lowest BCUT2D eigenvalue weighted by atomic mass is 10.1. The van der Waals surface area contributed by atoms with Crippen LogP contribution in [0.15, 0.2) is 30.5 Å². The van der Waals surface area contributed by atoms with E-state index in [1.165, 1.54) is 0 Å². The summed E-state index contributed by atoms with van der Waals surface area (Å²) in [6, 6.07) is 7.76. The maximum absolute atomic E-state index is 12.6. The molecule has 0 radical (unpaired) electrons. The molecule has 2 aromatic heterocycles. The first kappa shape index (κ1) is 18.4. The molecule has 0 bridgehead atoms. The number of fused-ring (bicyclic) bond motifs is 1. The number of amides is 1. The summed E-state index contributed by atoms with van der Waals surface area (Å²) in [6.07, 6.45) is 5.90. The topological polar surface area (TPSA) is 103 Å². The summed E-state index contributed by atoms with van der Waals surface area (Å²) >= 11 is 6.38. The van der Waals surface area contributed by atoms with Gasteiger partial charge in [0, 0.05) is 22.5 Å². The number of rotatable bonds is 5. The first-order chi connectivity index (χ1) is 14.1. The van der Waals surface area contributed by atoms with Crippen LogP contribution in [-0.4, -0.2) is 44.2 Å². The fourth-order valence-corrected chi connectivity index (χ4v) is 4.06. The third-order valence-corrected chi connectivity index (χ3v) is 5.89. The Morgan fingerprint density at radius 2 is 2.10 bits per heavy atom. The molecule has 4 N–H and O–H groups in total. The van der Waals surface area contributed by atoms with E-state index in [2.05, 4.69) is 25.6 Å². The van der Waals surface area contributed by atoms with Crippen LogP contribution >= 0.6 is 11.6 Å². The zero-order valence-corrected chi connectivity index (χ0v) is 16.5. The van der Waals surface area contributed by atoms with Gasteiger partial charge in [-0.1, -0.05) is 17.7 Å². The quantitative estimate of drug-likeness (QED) is 0.514. The normalized spacial score (nSPS) is 21.4. The molecule has 0 aliphatic heterocycles. The second kappa shape index (κ2) is 7.31. The number of aromatic amines is 1. The standard InChI is InChI=1S/C21H22ClN5O2/c22-14-10-23-21(26-16-5-2-6-18(16)28)27-19(14)17-9-13-12(3-1-4-15(13)25-17)20(29)24-11-7-8-11/h1,3-4,9-11,16,18,25,28H,2,5-8H2,(H,24,29)(H,23,26,27)/t16-,18+/m1/s1. The van der Waals surface area contributed by atoms with E-state index in [9.17, 15) is 9.90 Å². The molecule has 0 spiro atoms. The molecule has 7 nitrogen and oxygen atoms in total. The maximum Gasteiger partial charge on any atom is 0.252 e.